The smallest absolute Gasteiger partial charge is 0.248 e. The topological polar surface area (TPSA) is 47.6 Å². The van der Waals surface area contributed by atoms with Gasteiger partial charge in [-0.3, -0.25) is 4.79 Å². The lowest BCUT2D eigenvalue weighted by Gasteiger charge is -2.19. The van der Waals surface area contributed by atoms with E-state index in [-0.39, 0.29) is 5.91 Å². The van der Waals surface area contributed by atoms with Crippen LogP contribution in [0.2, 0.25) is 0 Å². The summed E-state index contributed by atoms with van der Waals surface area (Å²) in [6.45, 7) is 8.52. The number of amides is 1. The number of hydrogen-bond donors (Lipinski definition) is 1. The molecule has 4 nitrogen and oxygen atoms in total. The summed E-state index contributed by atoms with van der Waals surface area (Å²) in [5.74, 6) is 1.87. The SMILES string of the molecule is COc1ccc(OC)c(C=CC(=O)Nc2c(C(C)C)cccc2C(C)C)c1. The zero-order valence-corrected chi connectivity index (χ0v) is 17.0. The van der Waals surface area contributed by atoms with Crippen molar-refractivity contribution in [1.29, 1.82) is 0 Å². The molecule has 0 aliphatic rings. The molecule has 0 bridgehead atoms. The van der Waals surface area contributed by atoms with E-state index in [2.05, 4.69) is 51.2 Å². The Kier molecular flexibility index (Phi) is 7.05. The maximum absolute atomic E-state index is 12.6. The zero-order chi connectivity index (χ0) is 20.0. The lowest BCUT2D eigenvalue weighted by Crippen LogP contribution is -2.13. The van der Waals surface area contributed by atoms with Crippen LogP contribution in [0.4, 0.5) is 5.69 Å². The minimum absolute atomic E-state index is 0.171. The first-order valence-electron chi connectivity index (χ1n) is 9.21. The summed E-state index contributed by atoms with van der Waals surface area (Å²) in [6, 6.07) is 11.7. The molecular weight excluding hydrogens is 338 g/mol. The van der Waals surface area contributed by atoms with Gasteiger partial charge in [0.25, 0.3) is 0 Å². The van der Waals surface area contributed by atoms with Gasteiger partial charge < -0.3 is 14.8 Å². The van der Waals surface area contributed by atoms with E-state index in [9.17, 15) is 4.79 Å². The Morgan fingerprint density at radius 1 is 0.963 bits per heavy atom. The molecule has 27 heavy (non-hydrogen) atoms. The highest BCUT2D eigenvalue weighted by atomic mass is 16.5. The molecule has 0 aliphatic heterocycles. The number of nitrogens with one attached hydrogen (secondary N) is 1. The van der Waals surface area contributed by atoms with Gasteiger partial charge in [0.2, 0.25) is 5.91 Å². The summed E-state index contributed by atoms with van der Waals surface area (Å²) in [6.07, 6.45) is 3.27. The lowest BCUT2D eigenvalue weighted by atomic mass is 9.92. The molecule has 0 aromatic heterocycles. The average Bonchev–Trinajstić information content (AvgIpc) is 2.65. The van der Waals surface area contributed by atoms with E-state index in [4.69, 9.17) is 9.47 Å². The minimum atomic E-state index is -0.171. The third-order valence-electron chi connectivity index (χ3n) is 4.47. The molecule has 2 aromatic rings. The molecule has 0 atom stereocenters. The van der Waals surface area contributed by atoms with Crippen LogP contribution in [-0.2, 0) is 4.79 Å². The van der Waals surface area contributed by atoms with Crippen molar-refractivity contribution in [2.75, 3.05) is 19.5 Å². The summed E-state index contributed by atoms with van der Waals surface area (Å²) in [5.41, 5.74) is 3.98. The third-order valence-corrected chi connectivity index (χ3v) is 4.47. The fraction of sp³-hybridized carbons (Fsp3) is 0.348. The van der Waals surface area contributed by atoms with Gasteiger partial charge in [-0.15, -0.1) is 0 Å². The number of anilines is 1. The van der Waals surface area contributed by atoms with Gasteiger partial charge in [0.1, 0.15) is 11.5 Å². The van der Waals surface area contributed by atoms with Gasteiger partial charge in [0.15, 0.2) is 0 Å². The molecule has 0 fully saturated rings. The van der Waals surface area contributed by atoms with E-state index in [1.54, 1.807) is 20.3 Å². The number of ether oxygens (including phenoxy) is 2. The number of benzene rings is 2. The predicted octanol–water partition coefficient (Wildman–Crippen LogP) is 5.60. The Hall–Kier alpha value is -2.75. The molecule has 2 aromatic carbocycles. The van der Waals surface area contributed by atoms with Crippen molar-refractivity contribution >= 4 is 17.7 Å². The molecule has 4 heteroatoms. The molecule has 2 rings (SSSR count). The predicted molar refractivity (Wildman–Crippen MR) is 112 cm³/mol. The van der Waals surface area contributed by atoms with Crippen molar-refractivity contribution in [1.82, 2.24) is 0 Å². The molecule has 0 heterocycles. The number of rotatable bonds is 7. The van der Waals surface area contributed by atoms with Crippen molar-refractivity contribution in [3.63, 3.8) is 0 Å². The molecule has 144 valence electrons. The van der Waals surface area contributed by atoms with E-state index < -0.39 is 0 Å². The first kappa shape index (κ1) is 20.6. The van der Waals surface area contributed by atoms with E-state index in [1.807, 2.05) is 18.2 Å². The Morgan fingerprint density at radius 3 is 2.11 bits per heavy atom. The summed E-state index contributed by atoms with van der Waals surface area (Å²) in [5, 5.41) is 3.08. The first-order valence-corrected chi connectivity index (χ1v) is 9.21. The summed E-state index contributed by atoms with van der Waals surface area (Å²) in [7, 11) is 3.21. The Bertz CT molecular complexity index is 796. The van der Waals surface area contributed by atoms with E-state index >= 15 is 0 Å². The van der Waals surface area contributed by atoms with Gasteiger partial charge in [-0.05, 0) is 47.2 Å². The molecule has 0 saturated heterocycles. The molecule has 1 N–H and O–H groups in total. The number of para-hydroxylation sites is 1. The summed E-state index contributed by atoms with van der Waals surface area (Å²) < 4.78 is 10.6. The van der Waals surface area contributed by atoms with Crippen LogP contribution in [0.3, 0.4) is 0 Å². The van der Waals surface area contributed by atoms with Crippen molar-refractivity contribution in [2.24, 2.45) is 0 Å². The molecule has 0 aliphatic carbocycles. The minimum Gasteiger partial charge on any atom is -0.497 e. The van der Waals surface area contributed by atoms with Crippen LogP contribution in [-0.4, -0.2) is 20.1 Å². The normalized spacial score (nSPS) is 11.3. The Labute approximate surface area is 162 Å². The molecule has 0 unspecified atom stereocenters. The van der Waals surface area contributed by atoms with E-state index in [1.165, 1.54) is 6.08 Å². The van der Waals surface area contributed by atoms with Crippen LogP contribution in [0.15, 0.2) is 42.5 Å². The van der Waals surface area contributed by atoms with Crippen LogP contribution >= 0.6 is 0 Å². The summed E-state index contributed by atoms with van der Waals surface area (Å²) >= 11 is 0. The van der Waals surface area contributed by atoms with Crippen LogP contribution in [0.1, 0.15) is 56.2 Å². The highest BCUT2D eigenvalue weighted by Crippen LogP contribution is 2.32. The van der Waals surface area contributed by atoms with Crippen molar-refractivity contribution in [2.45, 2.75) is 39.5 Å². The lowest BCUT2D eigenvalue weighted by molar-refractivity contribution is -0.111. The summed E-state index contributed by atoms with van der Waals surface area (Å²) in [4.78, 5) is 12.6. The van der Waals surface area contributed by atoms with Gasteiger partial charge in [-0.25, -0.2) is 0 Å². The van der Waals surface area contributed by atoms with Gasteiger partial charge >= 0.3 is 0 Å². The maximum atomic E-state index is 12.6. The van der Waals surface area contributed by atoms with Crippen LogP contribution in [0, 0.1) is 0 Å². The van der Waals surface area contributed by atoms with Crippen LogP contribution in [0.25, 0.3) is 6.08 Å². The third kappa shape index (κ3) is 5.13. The molecular formula is C23H29NO3. The Balaban J connectivity index is 2.30. The second kappa shape index (κ2) is 9.26. The fourth-order valence-electron chi connectivity index (χ4n) is 3.00. The van der Waals surface area contributed by atoms with Gasteiger partial charge in [0, 0.05) is 17.3 Å². The number of carbonyl (C=O) groups excluding carboxylic acids is 1. The second-order valence-corrected chi connectivity index (χ2v) is 7.05. The molecule has 0 saturated carbocycles. The highest BCUT2D eigenvalue weighted by molar-refractivity contribution is 6.03. The van der Waals surface area contributed by atoms with Gasteiger partial charge in [0.05, 0.1) is 14.2 Å². The number of hydrogen-bond acceptors (Lipinski definition) is 3. The standard InChI is InChI=1S/C23H29NO3/c1-15(2)19-8-7-9-20(16(3)4)23(19)24-22(25)13-10-17-14-18(26-5)11-12-21(17)27-6/h7-16H,1-6H3,(H,24,25). The van der Waals surface area contributed by atoms with Crippen LogP contribution < -0.4 is 14.8 Å². The molecule has 0 spiro atoms. The maximum Gasteiger partial charge on any atom is 0.248 e. The molecule has 1 amide bonds. The van der Waals surface area contributed by atoms with Gasteiger partial charge in [-0.2, -0.15) is 0 Å². The highest BCUT2D eigenvalue weighted by Gasteiger charge is 2.15. The average molecular weight is 367 g/mol. The largest absolute Gasteiger partial charge is 0.497 e. The van der Waals surface area contributed by atoms with Crippen molar-refractivity contribution in [3.8, 4) is 11.5 Å². The number of methoxy groups -OCH3 is 2. The zero-order valence-electron chi connectivity index (χ0n) is 17.0. The quantitative estimate of drug-likeness (QED) is 0.648. The van der Waals surface area contributed by atoms with Crippen LogP contribution in [0.5, 0.6) is 11.5 Å². The van der Waals surface area contributed by atoms with Crippen molar-refractivity contribution in [3.05, 3.63) is 59.2 Å². The second-order valence-electron chi connectivity index (χ2n) is 7.05. The van der Waals surface area contributed by atoms with Crippen molar-refractivity contribution < 1.29 is 14.3 Å². The fourth-order valence-corrected chi connectivity index (χ4v) is 3.00. The first-order chi connectivity index (χ1) is 12.9. The molecule has 0 radical (unpaired) electrons. The Morgan fingerprint density at radius 2 is 1.59 bits per heavy atom. The van der Waals surface area contributed by atoms with E-state index in [0.29, 0.717) is 23.3 Å². The van der Waals surface area contributed by atoms with Gasteiger partial charge in [-0.1, -0.05) is 45.9 Å². The number of carbonyl (C=O) groups is 1. The monoisotopic (exact) mass is 367 g/mol. The van der Waals surface area contributed by atoms with E-state index in [0.717, 1.165) is 22.4 Å².